The maximum atomic E-state index is 12.8. The van der Waals surface area contributed by atoms with Gasteiger partial charge in [0, 0.05) is 44.5 Å². The molecular weight excluding hydrogens is 404 g/mol. The molecule has 7 nitrogen and oxygen atoms in total. The molecule has 2 fully saturated rings. The summed E-state index contributed by atoms with van der Waals surface area (Å²) in [6, 6.07) is 17.5. The predicted octanol–water partition coefficient (Wildman–Crippen LogP) is 3.12. The molecule has 2 aromatic rings. The van der Waals surface area contributed by atoms with Crippen LogP contribution < -0.4 is 5.32 Å². The third-order valence-corrected chi connectivity index (χ3v) is 6.36. The Balaban J connectivity index is 1.28. The number of carbonyl (C=O) groups excluding carboxylic acids is 3. The molecule has 0 spiro atoms. The van der Waals surface area contributed by atoms with Crippen LogP contribution in [-0.2, 0) is 22.6 Å². The number of anilines is 1. The van der Waals surface area contributed by atoms with Crippen LogP contribution >= 0.6 is 0 Å². The first-order valence-corrected chi connectivity index (χ1v) is 11.3. The van der Waals surface area contributed by atoms with E-state index in [0.29, 0.717) is 45.6 Å². The van der Waals surface area contributed by atoms with Gasteiger partial charge in [0.15, 0.2) is 0 Å². The second-order valence-corrected chi connectivity index (χ2v) is 8.41. The van der Waals surface area contributed by atoms with Crippen molar-refractivity contribution in [2.75, 3.05) is 31.5 Å². The van der Waals surface area contributed by atoms with Gasteiger partial charge in [0.05, 0.1) is 0 Å². The van der Waals surface area contributed by atoms with Crippen LogP contribution in [0, 0.1) is 0 Å². The minimum absolute atomic E-state index is 0.00165. The summed E-state index contributed by atoms with van der Waals surface area (Å²) in [5, 5.41) is 2.95. The molecule has 2 heterocycles. The molecule has 0 saturated carbocycles. The Morgan fingerprint density at radius 2 is 1.56 bits per heavy atom. The Hall–Kier alpha value is -3.35. The third-order valence-electron chi connectivity index (χ3n) is 6.36. The average molecular weight is 435 g/mol. The van der Waals surface area contributed by atoms with Crippen LogP contribution in [-0.4, -0.2) is 64.8 Å². The molecule has 7 heteroatoms. The van der Waals surface area contributed by atoms with Gasteiger partial charge in [-0.3, -0.25) is 9.59 Å². The van der Waals surface area contributed by atoms with Crippen LogP contribution in [0.5, 0.6) is 0 Å². The minimum atomic E-state index is -0.434. The summed E-state index contributed by atoms with van der Waals surface area (Å²) in [5.41, 5.74) is 3.03. The largest absolute Gasteiger partial charge is 0.330 e. The summed E-state index contributed by atoms with van der Waals surface area (Å²) in [6.07, 6.45) is 2.32. The number of piperidine rings is 1. The first-order valence-electron chi connectivity index (χ1n) is 11.3. The molecular formula is C25H30N4O3. The second kappa shape index (κ2) is 9.85. The molecule has 2 aliphatic rings. The normalized spacial score (nSPS) is 17.6. The lowest BCUT2D eigenvalue weighted by Crippen LogP contribution is -2.59. The zero-order valence-electron chi connectivity index (χ0n) is 18.5. The number of urea groups is 1. The minimum Gasteiger partial charge on any atom is -0.330 e. The van der Waals surface area contributed by atoms with Gasteiger partial charge in [-0.2, -0.15) is 0 Å². The number of amides is 4. The summed E-state index contributed by atoms with van der Waals surface area (Å²) in [7, 11) is 0. The fourth-order valence-corrected chi connectivity index (χ4v) is 4.40. The molecule has 2 aromatic carbocycles. The van der Waals surface area contributed by atoms with Gasteiger partial charge in [-0.1, -0.05) is 49.4 Å². The van der Waals surface area contributed by atoms with Crippen molar-refractivity contribution in [3.63, 3.8) is 0 Å². The van der Waals surface area contributed by atoms with Crippen molar-refractivity contribution in [1.82, 2.24) is 14.7 Å². The Morgan fingerprint density at radius 1 is 0.875 bits per heavy atom. The Bertz CT molecular complexity index is 953. The van der Waals surface area contributed by atoms with E-state index in [4.69, 9.17) is 0 Å². The van der Waals surface area contributed by atoms with Gasteiger partial charge in [-0.05, 0) is 42.5 Å². The molecule has 1 N–H and O–H groups in total. The summed E-state index contributed by atoms with van der Waals surface area (Å²) < 4.78 is 0. The highest BCUT2D eigenvalue weighted by molar-refractivity contribution is 6.35. The van der Waals surface area contributed by atoms with E-state index in [0.717, 1.165) is 17.7 Å². The topological polar surface area (TPSA) is 73.0 Å². The van der Waals surface area contributed by atoms with Crippen molar-refractivity contribution < 1.29 is 14.4 Å². The Kier molecular flexibility index (Phi) is 6.73. The van der Waals surface area contributed by atoms with E-state index in [1.807, 2.05) is 54.6 Å². The van der Waals surface area contributed by atoms with Crippen LogP contribution in [0.2, 0.25) is 0 Å². The number of piperazine rings is 1. The van der Waals surface area contributed by atoms with Crippen LogP contribution in [0.4, 0.5) is 10.5 Å². The number of benzene rings is 2. The summed E-state index contributed by atoms with van der Waals surface area (Å²) in [6.45, 7) is 4.76. The van der Waals surface area contributed by atoms with Gasteiger partial charge < -0.3 is 20.0 Å². The predicted molar refractivity (Wildman–Crippen MR) is 123 cm³/mol. The summed E-state index contributed by atoms with van der Waals surface area (Å²) in [5.74, 6) is -0.859. The molecule has 0 aliphatic carbocycles. The van der Waals surface area contributed by atoms with Crippen molar-refractivity contribution in [1.29, 1.82) is 0 Å². The highest BCUT2D eigenvalue weighted by atomic mass is 16.2. The van der Waals surface area contributed by atoms with Crippen molar-refractivity contribution in [2.45, 2.75) is 38.8 Å². The molecule has 0 atom stereocenters. The van der Waals surface area contributed by atoms with E-state index < -0.39 is 11.8 Å². The first-order chi connectivity index (χ1) is 15.5. The van der Waals surface area contributed by atoms with Gasteiger partial charge in [0.25, 0.3) is 0 Å². The van der Waals surface area contributed by atoms with Crippen LogP contribution in [0.25, 0.3) is 0 Å². The van der Waals surface area contributed by atoms with E-state index >= 15 is 0 Å². The van der Waals surface area contributed by atoms with Crippen molar-refractivity contribution in [3.05, 3.63) is 65.7 Å². The molecule has 0 radical (unpaired) electrons. The summed E-state index contributed by atoms with van der Waals surface area (Å²) >= 11 is 0. The lowest BCUT2D eigenvalue weighted by atomic mass is 10.0. The van der Waals surface area contributed by atoms with Crippen molar-refractivity contribution in [2.24, 2.45) is 0 Å². The molecule has 2 aliphatic heterocycles. The van der Waals surface area contributed by atoms with E-state index in [1.165, 1.54) is 5.56 Å². The molecule has 4 amide bonds. The van der Waals surface area contributed by atoms with Gasteiger partial charge in [-0.25, -0.2) is 4.79 Å². The second-order valence-electron chi connectivity index (χ2n) is 8.41. The van der Waals surface area contributed by atoms with Gasteiger partial charge in [-0.15, -0.1) is 0 Å². The van der Waals surface area contributed by atoms with E-state index in [2.05, 4.69) is 12.2 Å². The highest BCUT2D eigenvalue weighted by Crippen LogP contribution is 2.21. The fraction of sp³-hybridized carbons (Fsp3) is 0.400. The number of aryl methyl sites for hydroxylation is 1. The van der Waals surface area contributed by atoms with E-state index in [9.17, 15) is 14.4 Å². The third kappa shape index (κ3) is 4.93. The highest BCUT2D eigenvalue weighted by Gasteiger charge is 2.37. The maximum absolute atomic E-state index is 12.8. The SMILES string of the molecule is CCc1ccc(NC(=O)N2CCC(N3CCN(Cc4ccccc4)C(=O)C3=O)CC2)cc1. The molecule has 4 rings (SSSR count). The standard InChI is InChI=1S/C25H30N4O3/c1-2-19-8-10-21(11-9-19)26-25(32)27-14-12-22(13-15-27)29-17-16-28(23(30)24(29)31)18-20-6-4-3-5-7-20/h3-11,22H,2,12-18H2,1H3,(H,26,32). The number of likely N-dealkylation sites (tertiary alicyclic amines) is 1. The van der Waals surface area contributed by atoms with Crippen LogP contribution in [0.15, 0.2) is 54.6 Å². The van der Waals surface area contributed by atoms with Gasteiger partial charge in [0.2, 0.25) is 0 Å². The average Bonchev–Trinajstić information content (AvgIpc) is 2.83. The molecule has 32 heavy (non-hydrogen) atoms. The fourth-order valence-electron chi connectivity index (χ4n) is 4.40. The molecule has 0 bridgehead atoms. The van der Waals surface area contributed by atoms with E-state index in [1.54, 1.807) is 14.7 Å². The number of nitrogens with zero attached hydrogens (tertiary/aromatic N) is 3. The molecule has 0 aromatic heterocycles. The van der Waals surface area contributed by atoms with Crippen molar-refractivity contribution >= 4 is 23.5 Å². The van der Waals surface area contributed by atoms with Gasteiger partial charge in [0.1, 0.15) is 0 Å². The number of nitrogens with one attached hydrogen (secondary N) is 1. The van der Waals surface area contributed by atoms with Crippen molar-refractivity contribution in [3.8, 4) is 0 Å². The molecule has 2 saturated heterocycles. The molecule has 168 valence electrons. The number of hydrogen-bond donors (Lipinski definition) is 1. The maximum Gasteiger partial charge on any atom is 0.321 e. The number of rotatable bonds is 5. The summed E-state index contributed by atoms with van der Waals surface area (Å²) in [4.78, 5) is 43.2. The molecule has 0 unspecified atom stereocenters. The number of hydrogen-bond acceptors (Lipinski definition) is 3. The lowest BCUT2D eigenvalue weighted by molar-refractivity contribution is -0.158. The monoisotopic (exact) mass is 434 g/mol. The lowest BCUT2D eigenvalue weighted by Gasteiger charge is -2.42. The first kappa shape index (κ1) is 21.9. The van der Waals surface area contributed by atoms with Gasteiger partial charge >= 0.3 is 17.8 Å². The zero-order chi connectivity index (χ0) is 22.5. The number of carbonyl (C=O) groups is 3. The van der Waals surface area contributed by atoms with E-state index in [-0.39, 0.29) is 12.1 Å². The van der Waals surface area contributed by atoms with Crippen LogP contribution in [0.1, 0.15) is 30.9 Å². The quantitative estimate of drug-likeness (QED) is 0.735. The van der Waals surface area contributed by atoms with Crippen LogP contribution in [0.3, 0.4) is 0 Å². The Morgan fingerprint density at radius 3 is 2.22 bits per heavy atom. The Labute approximate surface area is 189 Å². The smallest absolute Gasteiger partial charge is 0.321 e. The zero-order valence-corrected chi connectivity index (χ0v) is 18.5.